The van der Waals surface area contributed by atoms with E-state index in [4.69, 9.17) is 14.5 Å². The smallest absolute Gasteiger partial charge is 0.247 e. The van der Waals surface area contributed by atoms with Crippen LogP contribution in [0.15, 0.2) is 66.7 Å². The molecule has 8 nitrogen and oxygen atoms in total. The highest BCUT2D eigenvalue weighted by Crippen LogP contribution is 2.37. The summed E-state index contributed by atoms with van der Waals surface area (Å²) in [6, 6.07) is 21.5. The second-order valence-electron chi connectivity index (χ2n) is 10.9. The molecule has 2 heterocycles. The molecule has 42 heavy (non-hydrogen) atoms. The first kappa shape index (κ1) is 29.3. The van der Waals surface area contributed by atoms with Crippen LogP contribution in [0.5, 0.6) is 5.75 Å². The highest BCUT2D eigenvalue weighted by atomic mass is 16.5. The molecule has 3 aromatic carbocycles. The SMILES string of the molecule is CCOc1ccccc1N1CC(c2nc3ccccc3n2CC(=O)N(c2c(C)cccc2CC)C(C)COC)CC1=O. The molecule has 220 valence electrons. The van der Waals surface area contributed by atoms with Gasteiger partial charge in [-0.05, 0) is 62.6 Å². The molecule has 0 bridgehead atoms. The summed E-state index contributed by atoms with van der Waals surface area (Å²) in [5.41, 5.74) is 5.55. The van der Waals surface area contributed by atoms with Crippen LogP contribution >= 0.6 is 0 Å². The maximum Gasteiger partial charge on any atom is 0.247 e. The van der Waals surface area contributed by atoms with E-state index in [9.17, 15) is 9.59 Å². The lowest BCUT2D eigenvalue weighted by molar-refractivity contribution is -0.120. The molecule has 1 fully saturated rings. The van der Waals surface area contributed by atoms with Crippen molar-refractivity contribution in [3.05, 3.63) is 83.7 Å². The van der Waals surface area contributed by atoms with Gasteiger partial charge in [0.2, 0.25) is 11.8 Å². The molecule has 1 aromatic heterocycles. The maximum absolute atomic E-state index is 14.4. The first-order valence-corrected chi connectivity index (χ1v) is 14.7. The first-order chi connectivity index (χ1) is 20.4. The zero-order valence-corrected chi connectivity index (χ0v) is 25.2. The van der Waals surface area contributed by atoms with Crippen LogP contribution in [-0.4, -0.2) is 54.3 Å². The summed E-state index contributed by atoms with van der Waals surface area (Å²) in [4.78, 5) is 36.4. The summed E-state index contributed by atoms with van der Waals surface area (Å²) in [5.74, 6) is 1.22. The summed E-state index contributed by atoms with van der Waals surface area (Å²) < 4.78 is 13.3. The molecule has 1 saturated heterocycles. The van der Waals surface area contributed by atoms with Crippen molar-refractivity contribution in [2.45, 2.75) is 59.0 Å². The Labute approximate surface area is 247 Å². The van der Waals surface area contributed by atoms with Gasteiger partial charge in [-0.25, -0.2) is 4.98 Å². The van der Waals surface area contributed by atoms with Crippen LogP contribution < -0.4 is 14.5 Å². The Kier molecular flexibility index (Phi) is 8.92. The molecule has 5 rings (SSSR count). The standard InChI is InChI=1S/C34H40N4O4/c1-6-25-14-12-13-23(3)33(25)38(24(4)22-41-5)32(40)21-37-28-16-9-8-15-27(28)35-34(37)26-19-31(39)36(20-26)29-17-10-11-18-30(29)42-7-2/h8-18,24,26H,6-7,19-22H2,1-5H3. The van der Waals surface area contributed by atoms with Crippen LogP contribution in [0.1, 0.15) is 50.1 Å². The zero-order chi connectivity index (χ0) is 29.8. The summed E-state index contributed by atoms with van der Waals surface area (Å²) >= 11 is 0. The molecule has 0 radical (unpaired) electrons. The number of amides is 2. The quantitative estimate of drug-likeness (QED) is 0.225. The minimum absolute atomic E-state index is 0.0138. The lowest BCUT2D eigenvalue weighted by Gasteiger charge is -2.32. The van der Waals surface area contributed by atoms with E-state index in [1.54, 1.807) is 12.0 Å². The monoisotopic (exact) mass is 568 g/mol. The number of aromatic nitrogens is 2. The molecule has 0 N–H and O–H groups in total. The van der Waals surface area contributed by atoms with Crippen molar-refractivity contribution in [3.63, 3.8) is 0 Å². The number of benzene rings is 3. The van der Waals surface area contributed by atoms with Crippen LogP contribution in [0, 0.1) is 6.92 Å². The number of methoxy groups -OCH3 is 1. The zero-order valence-electron chi connectivity index (χ0n) is 25.2. The predicted octanol–water partition coefficient (Wildman–Crippen LogP) is 5.89. The number of hydrogen-bond acceptors (Lipinski definition) is 5. The fraction of sp³-hybridized carbons (Fsp3) is 0.382. The molecule has 0 spiro atoms. The molecule has 4 aromatic rings. The number of anilines is 2. The number of imidazole rings is 1. The van der Waals surface area contributed by atoms with Crippen molar-refractivity contribution in [1.29, 1.82) is 0 Å². The number of hydrogen-bond donors (Lipinski definition) is 0. The van der Waals surface area contributed by atoms with Gasteiger partial charge < -0.3 is 23.8 Å². The normalized spacial score (nSPS) is 15.8. The fourth-order valence-electron chi connectivity index (χ4n) is 6.11. The van der Waals surface area contributed by atoms with Crippen molar-refractivity contribution in [3.8, 4) is 5.75 Å². The number of ether oxygens (including phenoxy) is 2. The second kappa shape index (κ2) is 12.8. The summed E-state index contributed by atoms with van der Waals surface area (Å²) in [6.45, 7) is 9.58. The van der Waals surface area contributed by atoms with Crippen LogP contribution in [0.2, 0.25) is 0 Å². The number of para-hydroxylation sites is 5. The second-order valence-corrected chi connectivity index (χ2v) is 10.9. The third-order valence-electron chi connectivity index (χ3n) is 7.98. The summed E-state index contributed by atoms with van der Waals surface area (Å²) in [5, 5.41) is 0. The molecule has 2 amide bonds. The van der Waals surface area contributed by atoms with Crippen molar-refractivity contribution in [1.82, 2.24) is 9.55 Å². The number of nitrogens with zero attached hydrogens (tertiary/aromatic N) is 4. The number of fused-ring (bicyclic) bond motifs is 1. The molecule has 1 aliphatic heterocycles. The van der Waals surface area contributed by atoms with Gasteiger partial charge in [0.25, 0.3) is 0 Å². The highest BCUT2D eigenvalue weighted by Gasteiger charge is 2.37. The van der Waals surface area contributed by atoms with Crippen molar-refractivity contribution < 1.29 is 19.1 Å². The molecule has 2 atom stereocenters. The van der Waals surface area contributed by atoms with E-state index >= 15 is 0 Å². The molecule has 8 heteroatoms. The van der Waals surface area contributed by atoms with Crippen LogP contribution in [-0.2, 0) is 27.3 Å². The molecule has 2 unspecified atom stereocenters. The van der Waals surface area contributed by atoms with E-state index in [0.717, 1.165) is 45.8 Å². The van der Waals surface area contributed by atoms with Gasteiger partial charge in [-0.2, -0.15) is 0 Å². The number of rotatable bonds is 11. The van der Waals surface area contributed by atoms with Gasteiger partial charge in [0.05, 0.1) is 41.7 Å². The average Bonchev–Trinajstić information content (AvgIpc) is 3.55. The van der Waals surface area contributed by atoms with E-state index in [-0.39, 0.29) is 30.3 Å². The van der Waals surface area contributed by atoms with Crippen LogP contribution in [0.4, 0.5) is 11.4 Å². The van der Waals surface area contributed by atoms with E-state index in [1.165, 1.54) is 0 Å². The van der Waals surface area contributed by atoms with Gasteiger partial charge in [0, 0.05) is 26.0 Å². The highest BCUT2D eigenvalue weighted by molar-refractivity contribution is 5.98. The molecule has 0 aliphatic carbocycles. The Hall–Kier alpha value is -4.17. The Morgan fingerprint density at radius 3 is 2.60 bits per heavy atom. The van der Waals surface area contributed by atoms with Gasteiger partial charge in [0.1, 0.15) is 18.1 Å². The Bertz CT molecular complexity index is 1580. The topological polar surface area (TPSA) is 76.9 Å². The number of carbonyl (C=O) groups excluding carboxylic acids is 2. The molecule has 0 saturated carbocycles. The summed E-state index contributed by atoms with van der Waals surface area (Å²) in [7, 11) is 1.66. The number of aryl methyl sites for hydroxylation is 2. The van der Waals surface area contributed by atoms with Crippen molar-refractivity contribution >= 4 is 34.2 Å². The van der Waals surface area contributed by atoms with E-state index in [2.05, 4.69) is 13.0 Å². The lowest BCUT2D eigenvalue weighted by Crippen LogP contribution is -2.44. The molecule has 1 aliphatic rings. The summed E-state index contributed by atoms with van der Waals surface area (Å²) in [6.07, 6.45) is 1.11. The van der Waals surface area contributed by atoms with Gasteiger partial charge in [0.15, 0.2) is 0 Å². The van der Waals surface area contributed by atoms with E-state index in [0.29, 0.717) is 31.9 Å². The fourth-order valence-corrected chi connectivity index (χ4v) is 6.11. The Balaban J connectivity index is 1.53. The first-order valence-electron chi connectivity index (χ1n) is 14.7. The van der Waals surface area contributed by atoms with E-state index in [1.807, 2.05) is 90.9 Å². The minimum atomic E-state index is -0.179. The van der Waals surface area contributed by atoms with Crippen LogP contribution in [0.25, 0.3) is 11.0 Å². The largest absolute Gasteiger partial charge is 0.492 e. The minimum Gasteiger partial charge on any atom is -0.492 e. The van der Waals surface area contributed by atoms with E-state index < -0.39 is 0 Å². The Morgan fingerprint density at radius 2 is 1.83 bits per heavy atom. The van der Waals surface area contributed by atoms with Crippen molar-refractivity contribution in [2.75, 3.05) is 36.7 Å². The average molecular weight is 569 g/mol. The third-order valence-corrected chi connectivity index (χ3v) is 7.98. The van der Waals surface area contributed by atoms with Gasteiger partial charge in [-0.15, -0.1) is 0 Å². The van der Waals surface area contributed by atoms with Gasteiger partial charge >= 0.3 is 0 Å². The Morgan fingerprint density at radius 1 is 1.07 bits per heavy atom. The van der Waals surface area contributed by atoms with Gasteiger partial charge in [-0.3, -0.25) is 9.59 Å². The maximum atomic E-state index is 14.4. The van der Waals surface area contributed by atoms with Gasteiger partial charge in [-0.1, -0.05) is 49.4 Å². The third kappa shape index (κ3) is 5.63. The molecular formula is C34H40N4O4. The predicted molar refractivity (Wildman–Crippen MR) is 166 cm³/mol. The molecular weight excluding hydrogens is 528 g/mol. The lowest BCUT2D eigenvalue weighted by atomic mass is 10.0. The van der Waals surface area contributed by atoms with Crippen LogP contribution in [0.3, 0.4) is 0 Å². The van der Waals surface area contributed by atoms with Crippen molar-refractivity contribution in [2.24, 2.45) is 0 Å². The number of carbonyl (C=O) groups is 2.